The molecule has 0 unspecified atom stereocenters. The lowest BCUT2D eigenvalue weighted by molar-refractivity contribution is -0.119. The van der Waals surface area contributed by atoms with Gasteiger partial charge in [-0.1, -0.05) is 35.9 Å². The summed E-state index contributed by atoms with van der Waals surface area (Å²) in [5, 5.41) is 5.97. The summed E-state index contributed by atoms with van der Waals surface area (Å²) in [4.78, 5) is 11.8. The quantitative estimate of drug-likeness (QED) is 0.857. The average molecular weight is 284 g/mol. The highest BCUT2D eigenvalue weighted by Crippen LogP contribution is 2.16. The lowest BCUT2D eigenvalue weighted by Gasteiger charge is -2.10. The van der Waals surface area contributed by atoms with E-state index in [9.17, 15) is 4.79 Å². The van der Waals surface area contributed by atoms with Gasteiger partial charge in [0.15, 0.2) is 0 Å². The molecule has 0 radical (unpaired) electrons. The molecule has 2 rings (SSSR count). The van der Waals surface area contributed by atoms with E-state index in [0.29, 0.717) is 6.54 Å². The molecule has 0 fully saturated rings. The number of rotatable bonds is 6. The van der Waals surface area contributed by atoms with Crippen LogP contribution in [0.15, 0.2) is 48.5 Å². The van der Waals surface area contributed by atoms with Crippen molar-refractivity contribution < 1.29 is 9.53 Å². The van der Waals surface area contributed by atoms with Crippen LogP contribution in [0.5, 0.6) is 5.75 Å². The van der Waals surface area contributed by atoms with Gasteiger partial charge in [-0.3, -0.25) is 4.79 Å². The molecule has 110 valence electrons. The van der Waals surface area contributed by atoms with Gasteiger partial charge < -0.3 is 15.4 Å². The number of aryl methyl sites for hydroxylation is 1. The zero-order valence-corrected chi connectivity index (χ0v) is 12.3. The van der Waals surface area contributed by atoms with Crippen molar-refractivity contribution in [3.8, 4) is 5.75 Å². The molecule has 2 N–H and O–H groups in total. The number of hydrogen-bond acceptors (Lipinski definition) is 3. The number of methoxy groups -OCH3 is 1. The maximum absolute atomic E-state index is 11.8. The zero-order valence-electron chi connectivity index (χ0n) is 12.3. The predicted molar refractivity (Wildman–Crippen MR) is 84.5 cm³/mol. The minimum absolute atomic E-state index is 0.0542. The molecule has 21 heavy (non-hydrogen) atoms. The molecule has 2 aromatic rings. The van der Waals surface area contributed by atoms with E-state index in [1.807, 2.05) is 55.5 Å². The number of anilines is 1. The monoisotopic (exact) mass is 284 g/mol. The van der Waals surface area contributed by atoms with Crippen LogP contribution < -0.4 is 15.4 Å². The second-order valence-electron chi connectivity index (χ2n) is 4.81. The number of nitrogens with one attached hydrogen (secondary N) is 2. The van der Waals surface area contributed by atoms with Crippen molar-refractivity contribution in [3.63, 3.8) is 0 Å². The normalized spacial score (nSPS) is 10.0. The molecule has 0 aliphatic heterocycles. The Morgan fingerprint density at radius 2 is 1.81 bits per heavy atom. The Kier molecular flexibility index (Phi) is 5.21. The summed E-state index contributed by atoms with van der Waals surface area (Å²) in [7, 11) is 1.62. The molecular formula is C17H20N2O2. The van der Waals surface area contributed by atoms with Crippen molar-refractivity contribution in [1.29, 1.82) is 0 Å². The number of carbonyl (C=O) groups excluding carboxylic acids is 1. The van der Waals surface area contributed by atoms with Crippen molar-refractivity contribution in [2.75, 3.05) is 19.0 Å². The van der Waals surface area contributed by atoms with E-state index in [0.717, 1.165) is 17.0 Å². The number of carbonyl (C=O) groups is 1. The van der Waals surface area contributed by atoms with E-state index in [1.165, 1.54) is 5.56 Å². The van der Waals surface area contributed by atoms with Gasteiger partial charge >= 0.3 is 0 Å². The van der Waals surface area contributed by atoms with Gasteiger partial charge in [-0.05, 0) is 25.1 Å². The highest BCUT2D eigenvalue weighted by atomic mass is 16.5. The number of para-hydroxylation sites is 1. The Labute approximate surface area is 125 Å². The largest absolute Gasteiger partial charge is 0.496 e. The van der Waals surface area contributed by atoms with E-state index in [2.05, 4.69) is 10.6 Å². The lowest BCUT2D eigenvalue weighted by atomic mass is 10.2. The van der Waals surface area contributed by atoms with Crippen LogP contribution in [0.1, 0.15) is 11.1 Å². The molecule has 0 heterocycles. The molecule has 4 heteroatoms. The van der Waals surface area contributed by atoms with Crippen molar-refractivity contribution >= 4 is 11.6 Å². The van der Waals surface area contributed by atoms with Crippen molar-refractivity contribution in [2.24, 2.45) is 0 Å². The van der Waals surface area contributed by atoms with Gasteiger partial charge in [0.2, 0.25) is 5.91 Å². The minimum Gasteiger partial charge on any atom is -0.496 e. The van der Waals surface area contributed by atoms with Gasteiger partial charge in [0, 0.05) is 17.8 Å². The molecule has 4 nitrogen and oxygen atoms in total. The first-order valence-electron chi connectivity index (χ1n) is 6.88. The summed E-state index contributed by atoms with van der Waals surface area (Å²) in [6, 6.07) is 15.6. The highest BCUT2D eigenvalue weighted by Gasteiger charge is 2.04. The Balaban J connectivity index is 1.81. The molecule has 0 spiro atoms. The number of ether oxygens (including phenoxy) is 1. The summed E-state index contributed by atoms with van der Waals surface area (Å²) in [5.41, 5.74) is 3.10. The molecule has 1 amide bonds. The Bertz CT molecular complexity index is 594. The fourth-order valence-electron chi connectivity index (χ4n) is 1.96. The average Bonchev–Trinajstić information content (AvgIpc) is 2.52. The van der Waals surface area contributed by atoms with Crippen molar-refractivity contribution in [3.05, 3.63) is 59.7 Å². The van der Waals surface area contributed by atoms with Crippen LogP contribution in [0.25, 0.3) is 0 Å². The molecule has 0 aromatic heterocycles. The second kappa shape index (κ2) is 7.33. The third-order valence-corrected chi connectivity index (χ3v) is 3.17. The lowest BCUT2D eigenvalue weighted by Crippen LogP contribution is -2.29. The van der Waals surface area contributed by atoms with Crippen LogP contribution in [0, 0.1) is 6.92 Å². The predicted octanol–water partition coefficient (Wildman–Crippen LogP) is 2.73. The first-order chi connectivity index (χ1) is 10.2. The van der Waals surface area contributed by atoms with Gasteiger partial charge in [0.25, 0.3) is 0 Å². The van der Waals surface area contributed by atoms with Crippen LogP contribution in [-0.4, -0.2) is 19.6 Å². The smallest absolute Gasteiger partial charge is 0.239 e. The number of amides is 1. The first kappa shape index (κ1) is 14.9. The molecule has 2 aromatic carbocycles. The maximum Gasteiger partial charge on any atom is 0.239 e. The summed E-state index contributed by atoms with van der Waals surface area (Å²) in [6.07, 6.45) is 0. The summed E-state index contributed by atoms with van der Waals surface area (Å²) >= 11 is 0. The summed E-state index contributed by atoms with van der Waals surface area (Å²) in [5.74, 6) is 0.728. The highest BCUT2D eigenvalue weighted by molar-refractivity contribution is 5.80. The van der Waals surface area contributed by atoms with E-state index in [4.69, 9.17) is 4.74 Å². The third kappa shape index (κ3) is 4.53. The maximum atomic E-state index is 11.8. The van der Waals surface area contributed by atoms with Crippen molar-refractivity contribution in [2.45, 2.75) is 13.5 Å². The Hall–Kier alpha value is -2.49. The van der Waals surface area contributed by atoms with E-state index >= 15 is 0 Å². The summed E-state index contributed by atoms with van der Waals surface area (Å²) < 4.78 is 5.25. The molecule has 0 saturated heterocycles. The van der Waals surface area contributed by atoms with Gasteiger partial charge in [-0.15, -0.1) is 0 Å². The summed E-state index contributed by atoms with van der Waals surface area (Å²) in [6.45, 7) is 2.74. The zero-order chi connectivity index (χ0) is 15.1. The molecule has 0 saturated carbocycles. The van der Waals surface area contributed by atoms with Crippen LogP contribution in [-0.2, 0) is 11.3 Å². The fraction of sp³-hybridized carbons (Fsp3) is 0.235. The molecule has 0 atom stereocenters. The number of benzene rings is 2. The fourth-order valence-corrected chi connectivity index (χ4v) is 1.96. The van der Waals surface area contributed by atoms with Crippen LogP contribution in [0.4, 0.5) is 5.69 Å². The first-order valence-corrected chi connectivity index (χ1v) is 6.88. The topological polar surface area (TPSA) is 50.4 Å². The second-order valence-corrected chi connectivity index (χ2v) is 4.81. The molecular weight excluding hydrogens is 264 g/mol. The Morgan fingerprint density at radius 3 is 2.52 bits per heavy atom. The van der Waals surface area contributed by atoms with Crippen LogP contribution in [0.3, 0.4) is 0 Å². The molecule has 0 aliphatic rings. The van der Waals surface area contributed by atoms with Gasteiger partial charge in [0.05, 0.1) is 13.7 Å². The van der Waals surface area contributed by atoms with E-state index in [1.54, 1.807) is 7.11 Å². The minimum atomic E-state index is -0.0542. The van der Waals surface area contributed by atoms with E-state index < -0.39 is 0 Å². The van der Waals surface area contributed by atoms with E-state index in [-0.39, 0.29) is 12.5 Å². The third-order valence-electron chi connectivity index (χ3n) is 3.17. The van der Waals surface area contributed by atoms with Gasteiger partial charge in [0.1, 0.15) is 5.75 Å². The number of hydrogen-bond donors (Lipinski definition) is 2. The van der Waals surface area contributed by atoms with Gasteiger partial charge in [-0.2, -0.15) is 0 Å². The van der Waals surface area contributed by atoms with Crippen LogP contribution in [0.2, 0.25) is 0 Å². The van der Waals surface area contributed by atoms with Crippen molar-refractivity contribution in [1.82, 2.24) is 5.32 Å². The standard InChI is InChI=1S/C17H20N2O2/c1-13-7-9-15(10-8-13)18-12-17(20)19-11-14-5-3-4-6-16(14)21-2/h3-10,18H,11-12H2,1-2H3,(H,19,20). The van der Waals surface area contributed by atoms with Gasteiger partial charge in [-0.25, -0.2) is 0 Å². The van der Waals surface area contributed by atoms with Crippen LogP contribution >= 0.6 is 0 Å². The molecule has 0 aliphatic carbocycles. The molecule has 0 bridgehead atoms. The Morgan fingerprint density at radius 1 is 1.10 bits per heavy atom. The SMILES string of the molecule is COc1ccccc1CNC(=O)CNc1ccc(C)cc1.